The normalized spacial score (nSPS) is 19.2. The van der Waals surface area contributed by atoms with Gasteiger partial charge in [-0.1, -0.05) is 18.2 Å². The van der Waals surface area contributed by atoms with E-state index in [1.54, 1.807) is 33.8 Å². The van der Waals surface area contributed by atoms with Crippen molar-refractivity contribution in [3.63, 3.8) is 0 Å². The van der Waals surface area contributed by atoms with E-state index in [2.05, 4.69) is 4.98 Å². The first-order valence-electron chi connectivity index (χ1n) is 11.6. The summed E-state index contributed by atoms with van der Waals surface area (Å²) in [7, 11) is -4.11. The number of aryl methyl sites for hydroxylation is 1. The van der Waals surface area contributed by atoms with E-state index in [9.17, 15) is 22.0 Å². The van der Waals surface area contributed by atoms with E-state index in [4.69, 9.17) is 14.7 Å². The highest BCUT2D eigenvalue weighted by molar-refractivity contribution is 7.88. The molecule has 1 aliphatic heterocycles. The van der Waals surface area contributed by atoms with Crippen molar-refractivity contribution in [3.05, 3.63) is 58.7 Å². The molecule has 1 aliphatic rings. The fourth-order valence-corrected chi connectivity index (χ4v) is 4.81. The van der Waals surface area contributed by atoms with Crippen molar-refractivity contribution in [1.29, 1.82) is 5.26 Å². The topological polar surface area (TPSA) is 122 Å². The van der Waals surface area contributed by atoms with Gasteiger partial charge < -0.3 is 9.47 Å². The van der Waals surface area contributed by atoms with Crippen LogP contribution in [-0.4, -0.2) is 60.8 Å². The highest BCUT2D eigenvalue weighted by Gasteiger charge is 2.57. The summed E-state index contributed by atoms with van der Waals surface area (Å²) in [6.07, 6.45) is -0.804. The lowest BCUT2D eigenvalue weighted by molar-refractivity contribution is -0.0122. The molecule has 0 unspecified atom stereocenters. The Balaban J connectivity index is 1.92. The Kier molecular flexibility index (Phi) is 8.28. The molecule has 1 N–H and O–H groups in total. The average molecular weight is 555 g/mol. The maximum atomic E-state index is 15.5. The third-order valence-electron chi connectivity index (χ3n) is 5.74. The molecule has 0 saturated carbocycles. The van der Waals surface area contributed by atoms with E-state index in [1.807, 2.05) is 10.8 Å². The van der Waals surface area contributed by atoms with Crippen LogP contribution in [0.15, 0.2) is 30.3 Å². The summed E-state index contributed by atoms with van der Waals surface area (Å²) in [6.45, 7) is 5.15. The van der Waals surface area contributed by atoms with Gasteiger partial charge in [0.2, 0.25) is 10.0 Å². The van der Waals surface area contributed by atoms with Crippen molar-refractivity contribution in [2.24, 2.45) is 0 Å². The first-order valence-corrected chi connectivity index (χ1v) is 13.5. The number of likely N-dealkylation sites (tertiary alicyclic amines) is 1. The number of pyridine rings is 1. The Hall–Kier alpha value is -3.37. The molecule has 3 rings (SSSR count). The minimum Gasteiger partial charge on any atom is -0.484 e. The summed E-state index contributed by atoms with van der Waals surface area (Å²) < 4.78 is 82.0. The molecule has 0 spiro atoms. The standard InChI is InChI=1S/C25H29F3N4O5S/c1-15-9-10-17(12-29)30-18(15)13-36-20-8-6-7-16(21(20)26)11-19-22(31-38(5,34)35)25(27,28)14-32(19)23(33)37-24(2,3)4/h6-10,19,22,31H,11,13-14H2,1-5H3/t19-,22+/m0/s1. The van der Waals surface area contributed by atoms with E-state index in [0.717, 1.165) is 16.7 Å². The third-order valence-corrected chi connectivity index (χ3v) is 6.43. The van der Waals surface area contributed by atoms with Crippen LogP contribution >= 0.6 is 0 Å². The Morgan fingerprint density at radius 3 is 2.58 bits per heavy atom. The molecule has 0 radical (unpaired) electrons. The Morgan fingerprint density at radius 2 is 1.97 bits per heavy atom. The van der Waals surface area contributed by atoms with Crippen molar-refractivity contribution in [2.45, 2.75) is 64.3 Å². The monoisotopic (exact) mass is 554 g/mol. The van der Waals surface area contributed by atoms with Gasteiger partial charge in [-0.05, 0) is 57.4 Å². The highest BCUT2D eigenvalue weighted by atomic mass is 32.2. The summed E-state index contributed by atoms with van der Waals surface area (Å²) in [6, 6.07) is 5.77. The molecule has 206 valence electrons. The molecular weight excluding hydrogens is 525 g/mol. The molecule has 9 nitrogen and oxygen atoms in total. The Labute approximate surface area is 219 Å². The molecule has 0 bridgehead atoms. The summed E-state index contributed by atoms with van der Waals surface area (Å²) >= 11 is 0. The molecule has 2 atom stereocenters. The van der Waals surface area contributed by atoms with Crippen molar-refractivity contribution >= 4 is 16.1 Å². The van der Waals surface area contributed by atoms with Gasteiger partial charge in [-0.3, -0.25) is 4.90 Å². The predicted octanol–water partition coefficient (Wildman–Crippen LogP) is 3.69. The quantitative estimate of drug-likeness (QED) is 0.554. The molecular formula is C25H29F3N4O5S. The van der Waals surface area contributed by atoms with Crippen LogP contribution in [0.1, 0.15) is 43.3 Å². The van der Waals surface area contributed by atoms with Gasteiger partial charge in [0.05, 0.1) is 24.5 Å². The first-order chi connectivity index (χ1) is 17.5. The van der Waals surface area contributed by atoms with Crippen LogP contribution in [0.25, 0.3) is 0 Å². The lowest BCUT2D eigenvalue weighted by Crippen LogP contribution is -2.52. The van der Waals surface area contributed by atoms with Crippen LogP contribution in [-0.2, 0) is 27.8 Å². The fraction of sp³-hybridized carbons (Fsp3) is 0.480. The van der Waals surface area contributed by atoms with Gasteiger partial charge in [-0.2, -0.15) is 5.26 Å². The zero-order valence-corrected chi connectivity index (χ0v) is 22.4. The van der Waals surface area contributed by atoms with E-state index in [0.29, 0.717) is 5.69 Å². The van der Waals surface area contributed by atoms with Gasteiger partial charge in [0.1, 0.15) is 30.0 Å². The number of alkyl halides is 2. The van der Waals surface area contributed by atoms with Gasteiger partial charge in [-0.25, -0.2) is 36.1 Å². The van der Waals surface area contributed by atoms with Gasteiger partial charge in [-0.15, -0.1) is 0 Å². The van der Waals surface area contributed by atoms with Crippen molar-refractivity contribution in [1.82, 2.24) is 14.6 Å². The number of nitrogens with zero attached hydrogens (tertiary/aromatic N) is 3. The Morgan fingerprint density at radius 1 is 1.29 bits per heavy atom. The smallest absolute Gasteiger partial charge is 0.410 e. The molecule has 2 aromatic rings. The molecule has 1 aromatic heterocycles. The number of ether oxygens (including phenoxy) is 2. The lowest BCUT2D eigenvalue weighted by Gasteiger charge is -2.30. The molecule has 1 saturated heterocycles. The summed E-state index contributed by atoms with van der Waals surface area (Å²) in [4.78, 5) is 17.7. The van der Waals surface area contributed by atoms with E-state index >= 15 is 4.39 Å². The zero-order valence-electron chi connectivity index (χ0n) is 21.6. The first kappa shape index (κ1) is 29.2. The number of carbonyl (C=O) groups is 1. The number of carbonyl (C=O) groups excluding carboxylic acids is 1. The van der Waals surface area contributed by atoms with Crippen molar-refractivity contribution in [2.75, 3.05) is 12.8 Å². The minimum absolute atomic E-state index is 0.0745. The fourth-order valence-electron chi connectivity index (χ4n) is 4.02. The van der Waals surface area contributed by atoms with Crippen LogP contribution in [0.4, 0.5) is 18.0 Å². The number of sulfonamides is 1. The largest absolute Gasteiger partial charge is 0.484 e. The second-order valence-electron chi connectivity index (χ2n) is 10.1. The second-order valence-corrected chi connectivity index (χ2v) is 11.9. The number of aromatic nitrogens is 1. The lowest BCUT2D eigenvalue weighted by atomic mass is 9.98. The van der Waals surface area contributed by atoms with Crippen LogP contribution in [0.3, 0.4) is 0 Å². The predicted molar refractivity (Wildman–Crippen MR) is 132 cm³/mol. The van der Waals surface area contributed by atoms with Gasteiger partial charge in [0.25, 0.3) is 5.92 Å². The minimum atomic E-state index is -4.11. The SMILES string of the molecule is Cc1ccc(C#N)nc1COc1cccc(C[C@H]2[C@@H](NS(C)(=O)=O)C(F)(F)CN2C(=O)OC(C)(C)C)c1F. The van der Waals surface area contributed by atoms with Crippen LogP contribution in [0, 0.1) is 24.1 Å². The highest BCUT2D eigenvalue weighted by Crippen LogP contribution is 2.36. The molecule has 0 aliphatic carbocycles. The average Bonchev–Trinajstić information content (AvgIpc) is 3.03. The summed E-state index contributed by atoms with van der Waals surface area (Å²) in [5.41, 5.74) is 0.216. The van der Waals surface area contributed by atoms with Crippen LogP contribution in [0.5, 0.6) is 5.75 Å². The number of nitriles is 1. The van der Waals surface area contributed by atoms with Gasteiger partial charge in [0, 0.05) is 0 Å². The molecule has 13 heteroatoms. The maximum Gasteiger partial charge on any atom is 0.410 e. The van der Waals surface area contributed by atoms with Crippen molar-refractivity contribution in [3.8, 4) is 11.8 Å². The van der Waals surface area contributed by atoms with E-state index in [-0.39, 0.29) is 23.6 Å². The number of halogens is 3. The Bertz CT molecular complexity index is 1360. The summed E-state index contributed by atoms with van der Waals surface area (Å²) in [5, 5.41) is 9.06. The number of hydrogen-bond acceptors (Lipinski definition) is 7. The third kappa shape index (κ3) is 7.14. The second kappa shape index (κ2) is 10.8. The number of rotatable bonds is 7. The molecule has 38 heavy (non-hydrogen) atoms. The summed E-state index contributed by atoms with van der Waals surface area (Å²) in [5.74, 6) is -4.71. The molecule has 1 amide bonds. The van der Waals surface area contributed by atoms with E-state index < -0.39 is 58.5 Å². The van der Waals surface area contributed by atoms with Gasteiger partial charge in [0.15, 0.2) is 11.6 Å². The van der Waals surface area contributed by atoms with Gasteiger partial charge >= 0.3 is 6.09 Å². The molecule has 2 heterocycles. The van der Waals surface area contributed by atoms with Crippen LogP contribution in [0.2, 0.25) is 0 Å². The number of amides is 1. The van der Waals surface area contributed by atoms with Crippen molar-refractivity contribution < 1.29 is 35.9 Å². The molecule has 1 fully saturated rings. The number of benzene rings is 1. The number of nitrogens with one attached hydrogen (secondary N) is 1. The molecule has 1 aromatic carbocycles. The zero-order chi connectivity index (χ0) is 28.5. The maximum absolute atomic E-state index is 15.5. The van der Waals surface area contributed by atoms with E-state index in [1.165, 1.54) is 24.3 Å². The van der Waals surface area contributed by atoms with Crippen LogP contribution < -0.4 is 9.46 Å². The number of hydrogen-bond donors (Lipinski definition) is 1.